The number of hydrogen-bond donors (Lipinski definition) is 1. The quantitative estimate of drug-likeness (QED) is 0.713. The number of ether oxygens (including phenoxy) is 1. The van der Waals surface area contributed by atoms with Crippen LogP contribution in [0, 0.1) is 0 Å². The van der Waals surface area contributed by atoms with Crippen molar-refractivity contribution in [2.45, 2.75) is 5.92 Å². The fourth-order valence-corrected chi connectivity index (χ4v) is 2.97. The van der Waals surface area contributed by atoms with Crippen molar-refractivity contribution >= 4 is 28.5 Å². The van der Waals surface area contributed by atoms with E-state index in [1.165, 1.54) is 7.11 Å². The van der Waals surface area contributed by atoms with Gasteiger partial charge in [-0.1, -0.05) is 60.7 Å². The van der Waals surface area contributed by atoms with Crippen LogP contribution in [-0.4, -0.2) is 28.3 Å². The maximum absolute atomic E-state index is 12.9. The summed E-state index contributed by atoms with van der Waals surface area (Å²) in [5, 5.41) is 2.99. The van der Waals surface area contributed by atoms with Gasteiger partial charge in [0.05, 0.1) is 13.0 Å². The first kappa shape index (κ1) is 16.8. The third kappa shape index (κ3) is 3.89. The maximum atomic E-state index is 12.9. The summed E-state index contributed by atoms with van der Waals surface area (Å²) in [7, 11) is 1.25. The Bertz CT molecular complexity index is 826. The second-order valence-corrected chi connectivity index (χ2v) is 5.91. The van der Waals surface area contributed by atoms with Gasteiger partial charge in [0.15, 0.2) is 0 Å². The number of methoxy groups -OCH3 is 1. The van der Waals surface area contributed by atoms with Gasteiger partial charge in [-0.15, -0.1) is 0 Å². The molecule has 1 heterocycles. The first-order valence-electron chi connectivity index (χ1n) is 7.52. The van der Waals surface area contributed by atoms with E-state index in [9.17, 15) is 9.59 Å². The van der Waals surface area contributed by atoms with Crippen LogP contribution in [0.3, 0.4) is 0 Å². The number of hydrogen-bond acceptors (Lipinski definition) is 6. The van der Waals surface area contributed by atoms with Gasteiger partial charge in [0, 0.05) is 11.5 Å². The Labute approximate surface area is 148 Å². The number of esters is 1. The Hall–Kier alpha value is -3.06. The lowest BCUT2D eigenvalue weighted by atomic mass is 9.90. The van der Waals surface area contributed by atoms with Gasteiger partial charge in [0.25, 0.3) is 5.82 Å². The van der Waals surface area contributed by atoms with Crippen molar-refractivity contribution in [2.24, 2.45) is 0 Å². The number of nitrogens with zero attached hydrogens (tertiary/aromatic N) is 2. The smallest absolute Gasteiger partial charge is 0.377 e. The summed E-state index contributed by atoms with van der Waals surface area (Å²) in [5.41, 5.74) is 1.73. The summed E-state index contributed by atoms with van der Waals surface area (Å²) in [5.74, 6) is -1.45. The summed E-state index contributed by atoms with van der Waals surface area (Å²) in [6.45, 7) is 0. The summed E-state index contributed by atoms with van der Waals surface area (Å²) in [6, 6.07) is 19.0. The highest BCUT2D eigenvalue weighted by atomic mass is 32.1. The van der Waals surface area contributed by atoms with Crippen molar-refractivity contribution < 1.29 is 14.3 Å². The minimum Gasteiger partial charge on any atom is -0.463 e. The predicted molar refractivity (Wildman–Crippen MR) is 94.6 cm³/mol. The lowest BCUT2D eigenvalue weighted by molar-refractivity contribution is -0.116. The molecule has 0 aliphatic heterocycles. The zero-order valence-electron chi connectivity index (χ0n) is 13.4. The number of amides is 1. The topological polar surface area (TPSA) is 81.2 Å². The van der Waals surface area contributed by atoms with E-state index < -0.39 is 11.9 Å². The molecular formula is C18H15N3O3S. The zero-order valence-corrected chi connectivity index (χ0v) is 14.2. The van der Waals surface area contributed by atoms with Crippen LogP contribution >= 0.6 is 11.5 Å². The van der Waals surface area contributed by atoms with Crippen LogP contribution in [0.1, 0.15) is 27.7 Å². The van der Waals surface area contributed by atoms with Crippen LogP contribution in [0.2, 0.25) is 0 Å². The van der Waals surface area contributed by atoms with Crippen LogP contribution in [0.15, 0.2) is 60.7 Å². The van der Waals surface area contributed by atoms with E-state index in [1.54, 1.807) is 0 Å². The van der Waals surface area contributed by atoms with E-state index in [4.69, 9.17) is 0 Å². The van der Waals surface area contributed by atoms with E-state index in [0.29, 0.717) is 0 Å². The van der Waals surface area contributed by atoms with Crippen LogP contribution in [-0.2, 0) is 9.53 Å². The minimum absolute atomic E-state index is 0.0706. The summed E-state index contributed by atoms with van der Waals surface area (Å²) >= 11 is 0.935. The lowest BCUT2D eigenvalue weighted by Crippen LogP contribution is -2.22. The van der Waals surface area contributed by atoms with Crippen molar-refractivity contribution in [3.05, 3.63) is 77.6 Å². The molecule has 3 rings (SSSR count). The number of carbonyl (C=O) groups is 2. The van der Waals surface area contributed by atoms with E-state index in [0.717, 1.165) is 22.7 Å². The van der Waals surface area contributed by atoms with Crippen LogP contribution < -0.4 is 5.32 Å². The van der Waals surface area contributed by atoms with Crippen molar-refractivity contribution in [1.82, 2.24) is 9.36 Å². The molecule has 0 spiro atoms. The number of carbonyl (C=O) groups excluding carboxylic acids is 2. The molecule has 25 heavy (non-hydrogen) atoms. The zero-order chi connectivity index (χ0) is 17.6. The molecule has 1 aromatic heterocycles. The van der Waals surface area contributed by atoms with Gasteiger partial charge >= 0.3 is 5.97 Å². The molecular weight excluding hydrogens is 338 g/mol. The normalized spacial score (nSPS) is 10.5. The fraction of sp³-hybridized carbons (Fsp3) is 0.111. The third-order valence-electron chi connectivity index (χ3n) is 3.55. The molecule has 3 aromatic rings. The van der Waals surface area contributed by atoms with Crippen LogP contribution in [0.4, 0.5) is 5.13 Å². The lowest BCUT2D eigenvalue weighted by Gasteiger charge is -2.16. The van der Waals surface area contributed by atoms with Crippen molar-refractivity contribution in [2.75, 3.05) is 12.4 Å². The monoisotopic (exact) mass is 353 g/mol. The van der Waals surface area contributed by atoms with Crippen molar-refractivity contribution in [3.8, 4) is 0 Å². The number of benzene rings is 2. The largest absolute Gasteiger partial charge is 0.463 e. The molecule has 7 heteroatoms. The summed E-state index contributed by atoms with van der Waals surface area (Å²) < 4.78 is 8.46. The van der Waals surface area contributed by atoms with Gasteiger partial charge < -0.3 is 4.74 Å². The number of nitrogens with one attached hydrogen (secondary N) is 1. The molecule has 1 N–H and O–H groups in total. The van der Waals surface area contributed by atoms with Gasteiger partial charge in [-0.05, 0) is 11.1 Å². The van der Waals surface area contributed by atoms with Gasteiger partial charge in [-0.3, -0.25) is 10.1 Å². The Morgan fingerprint density at radius 3 is 2.08 bits per heavy atom. The van der Waals surface area contributed by atoms with Gasteiger partial charge in [-0.25, -0.2) is 4.79 Å². The molecule has 2 aromatic carbocycles. The van der Waals surface area contributed by atoms with E-state index in [1.807, 2.05) is 60.7 Å². The highest BCUT2D eigenvalue weighted by Gasteiger charge is 2.24. The molecule has 0 bridgehead atoms. The maximum Gasteiger partial charge on any atom is 0.377 e. The average molecular weight is 353 g/mol. The summed E-state index contributed by atoms with van der Waals surface area (Å²) in [6.07, 6.45) is 0. The molecule has 6 nitrogen and oxygen atoms in total. The van der Waals surface area contributed by atoms with E-state index >= 15 is 0 Å². The van der Waals surface area contributed by atoms with Crippen LogP contribution in [0.25, 0.3) is 0 Å². The third-order valence-corrected chi connectivity index (χ3v) is 4.18. The predicted octanol–water partition coefficient (Wildman–Crippen LogP) is 3.10. The van der Waals surface area contributed by atoms with Crippen molar-refractivity contribution in [3.63, 3.8) is 0 Å². The molecule has 0 fully saturated rings. The summed E-state index contributed by atoms with van der Waals surface area (Å²) in [4.78, 5) is 28.3. The van der Waals surface area contributed by atoms with Gasteiger partial charge in [0.2, 0.25) is 11.0 Å². The van der Waals surface area contributed by atoms with Crippen molar-refractivity contribution in [1.29, 1.82) is 0 Å². The Morgan fingerprint density at radius 2 is 1.56 bits per heavy atom. The molecule has 0 aliphatic rings. The van der Waals surface area contributed by atoms with E-state index in [2.05, 4.69) is 19.4 Å². The highest BCUT2D eigenvalue weighted by Crippen LogP contribution is 2.26. The SMILES string of the molecule is COC(=O)c1nsc(NC(=O)C(c2ccccc2)c2ccccc2)n1. The molecule has 0 atom stereocenters. The second-order valence-electron chi connectivity index (χ2n) is 5.16. The Balaban J connectivity index is 1.87. The first-order valence-corrected chi connectivity index (χ1v) is 8.29. The van der Waals surface area contributed by atoms with E-state index in [-0.39, 0.29) is 16.9 Å². The standard InChI is InChI=1S/C18H15N3O3S/c1-24-17(23)15-19-18(25-21-15)20-16(22)14(12-8-4-2-5-9-12)13-10-6-3-7-11-13/h2-11,14H,1H3,(H,19,20,21,22). The fourth-order valence-electron chi connectivity index (χ4n) is 2.41. The molecule has 0 aliphatic carbocycles. The Kier molecular flexibility index (Phi) is 5.15. The first-order chi connectivity index (χ1) is 12.2. The molecule has 0 unspecified atom stereocenters. The molecule has 126 valence electrons. The molecule has 0 saturated heterocycles. The molecule has 1 amide bonds. The number of aromatic nitrogens is 2. The molecule has 0 saturated carbocycles. The number of rotatable bonds is 5. The van der Waals surface area contributed by atoms with Gasteiger partial charge in [0.1, 0.15) is 0 Å². The molecule has 0 radical (unpaired) electrons. The highest BCUT2D eigenvalue weighted by molar-refractivity contribution is 7.10. The van der Waals surface area contributed by atoms with Crippen LogP contribution in [0.5, 0.6) is 0 Å². The average Bonchev–Trinajstić information content (AvgIpc) is 3.11. The minimum atomic E-state index is -0.639. The Morgan fingerprint density at radius 1 is 1.00 bits per heavy atom. The number of anilines is 1. The van der Waals surface area contributed by atoms with Gasteiger partial charge in [-0.2, -0.15) is 9.36 Å². The second kappa shape index (κ2) is 7.67.